The molecule has 0 saturated heterocycles. The summed E-state index contributed by atoms with van der Waals surface area (Å²) < 4.78 is 2.21. The van der Waals surface area contributed by atoms with Gasteiger partial charge < -0.3 is 15.0 Å². The van der Waals surface area contributed by atoms with Crippen LogP contribution in [0.25, 0.3) is 27.7 Å². The highest BCUT2D eigenvalue weighted by Crippen LogP contribution is 2.31. The van der Waals surface area contributed by atoms with Gasteiger partial charge in [0.25, 0.3) is 0 Å². The van der Waals surface area contributed by atoms with Crippen LogP contribution < -0.4 is 5.32 Å². The largest absolute Gasteiger partial charge is 0.478 e. The van der Waals surface area contributed by atoms with Crippen molar-refractivity contribution < 1.29 is 9.90 Å². The van der Waals surface area contributed by atoms with E-state index in [0.717, 1.165) is 22.5 Å². The zero-order chi connectivity index (χ0) is 22.8. The van der Waals surface area contributed by atoms with E-state index in [1.165, 1.54) is 22.1 Å². The number of aromatic carboxylic acids is 1. The molecule has 4 aromatic carbocycles. The van der Waals surface area contributed by atoms with Crippen molar-refractivity contribution in [2.75, 3.05) is 5.32 Å². The van der Waals surface area contributed by atoms with Crippen molar-refractivity contribution in [3.05, 3.63) is 120 Å². The van der Waals surface area contributed by atoms with E-state index in [9.17, 15) is 9.90 Å². The van der Waals surface area contributed by atoms with Gasteiger partial charge in [0, 0.05) is 29.5 Å². The Morgan fingerprint density at radius 1 is 0.879 bits per heavy atom. The fourth-order valence-electron chi connectivity index (χ4n) is 4.16. The summed E-state index contributed by atoms with van der Waals surface area (Å²) in [6, 6.07) is 32.5. The van der Waals surface area contributed by atoms with Crippen LogP contribution in [0.2, 0.25) is 0 Å². The number of aromatic nitrogens is 1. The predicted molar refractivity (Wildman–Crippen MR) is 134 cm³/mol. The van der Waals surface area contributed by atoms with Crippen LogP contribution in [-0.4, -0.2) is 15.6 Å². The summed E-state index contributed by atoms with van der Waals surface area (Å²) in [4.78, 5) is 11.2. The van der Waals surface area contributed by atoms with Gasteiger partial charge in [-0.15, -0.1) is 0 Å². The molecular formula is C29H24N2O2. The van der Waals surface area contributed by atoms with Crippen molar-refractivity contribution in [2.45, 2.75) is 13.5 Å². The van der Waals surface area contributed by atoms with Gasteiger partial charge in [0.05, 0.1) is 11.1 Å². The van der Waals surface area contributed by atoms with E-state index in [-0.39, 0.29) is 5.56 Å². The van der Waals surface area contributed by atoms with Crippen LogP contribution in [0, 0.1) is 6.92 Å². The Kier molecular flexibility index (Phi) is 5.41. The number of hydrogen-bond acceptors (Lipinski definition) is 2. The van der Waals surface area contributed by atoms with Crippen molar-refractivity contribution in [2.24, 2.45) is 0 Å². The average Bonchev–Trinajstić information content (AvgIpc) is 3.28. The molecule has 0 bridgehead atoms. The molecule has 1 heterocycles. The molecule has 2 N–H and O–H groups in total. The molecule has 0 amide bonds. The molecule has 33 heavy (non-hydrogen) atoms. The lowest BCUT2D eigenvalue weighted by Gasteiger charge is -2.11. The fourth-order valence-corrected chi connectivity index (χ4v) is 4.16. The second kappa shape index (κ2) is 8.67. The standard InChI is InChI=1S/C29H24N2O2/c1-20-11-13-22(14-12-20)26-9-4-10-28-27(26)15-16-31(28)25-8-2-5-21(17-25)19-30-24-7-3-6-23(18-24)29(32)33/h2-18,30H,19H2,1H3,(H,32,33). The number of carboxylic acids is 1. The molecule has 5 rings (SSSR count). The van der Waals surface area contributed by atoms with Gasteiger partial charge in [-0.1, -0.05) is 60.2 Å². The van der Waals surface area contributed by atoms with Crippen molar-refractivity contribution in [1.29, 1.82) is 0 Å². The number of carbonyl (C=O) groups is 1. The summed E-state index contributed by atoms with van der Waals surface area (Å²) in [5, 5.41) is 13.7. The zero-order valence-electron chi connectivity index (χ0n) is 18.3. The molecule has 0 fully saturated rings. The van der Waals surface area contributed by atoms with E-state index >= 15 is 0 Å². The smallest absolute Gasteiger partial charge is 0.335 e. The van der Waals surface area contributed by atoms with Crippen LogP contribution in [-0.2, 0) is 6.54 Å². The van der Waals surface area contributed by atoms with Crippen molar-refractivity contribution in [3.63, 3.8) is 0 Å². The second-order valence-corrected chi connectivity index (χ2v) is 8.20. The Morgan fingerprint density at radius 2 is 1.67 bits per heavy atom. The molecule has 0 unspecified atom stereocenters. The number of aryl methyl sites for hydroxylation is 1. The summed E-state index contributed by atoms with van der Waals surface area (Å²) in [7, 11) is 0. The molecule has 4 heteroatoms. The minimum Gasteiger partial charge on any atom is -0.478 e. The van der Waals surface area contributed by atoms with Crippen LogP contribution in [0.3, 0.4) is 0 Å². The molecule has 0 aliphatic heterocycles. The summed E-state index contributed by atoms with van der Waals surface area (Å²) in [5.74, 6) is -0.926. The van der Waals surface area contributed by atoms with E-state index < -0.39 is 5.97 Å². The van der Waals surface area contributed by atoms with Gasteiger partial charge in [0.1, 0.15) is 0 Å². The van der Waals surface area contributed by atoms with Crippen LogP contribution in [0.4, 0.5) is 5.69 Å². The van der Waals surface area contributed by atoms with Crippen molar-refractivity contribution in [1.82, 2.24) is 4.57 Å². The molecule has 0 saturated carbocycles. The quantitative estimate of drug-likeness (QED) is 0.306. The minimum atomic E-state index is -0.926. The summed E-state index contributed by atoms with van der Waals surface area (Å²) in [5.41, 5.74) is 8.12. The molecule has 0 spiro atoms. The first-order valence-corrected chi connectivity index (χ1v) is 10.9. The zero-order valence-corrected chi connectivity index (χ0v) is 18.3. The van der Waals surface area contributed by atoms with Gasteiger partial charge in [-0.2, -0.15) is 0 Å². The highest BCUT2D eigenvalue weighted by atomic mass is 16.4. The Hall–Kier alpha value is -4.31. The SMILES string of the molecule is Cc1ccc(-c2cccc3c2ccn3-c2cccc(CNc3cccc(C(=O)O)c3)c2)cc1. The van der Waals surface area contributed by atoms with Gasteiger partial charge in [-0.25, -0.2) is 4.79 Å². The highest BCUT2D eigenvalue weighted by Gasteiger charge is 2.09. The van der Waals surface area contributed by atoms with Gasteiger partial charge in [-0.05, 0) is 66.1 Å². The van der Waals surface area contributed by atoms with Gasteiger partial charge >= 0.3 is 5.97 Å². The number of anilines is 1. The summed E-state index contributed by atoms with van der Waals surface area (Å²) in [6.07, 6.45) is 2.12. The third-order valence-corrected chi connectivity index (χ3v) is 5.89. The fraction of sp³-hybridized carbons (Fsp3) is 0.0690. The summed E-state index contributed by atoms with van der Waals surface area (Å²) >= 11 is 0. The van der Waals surface area contributed by atoms with Gasteiger partial charge in [0.2, 0.25) is 0 Å². The number of fused-ring (bicyclic) bond motifs is 1. The third-order valence-electron chi connectivity index (χ3n) is 5.89. The molecule has 0 atom stereocenters. The number of nitrogens with zero attached hydrogens (tertiary/aromatic N) is 1. The lowest BCUT2D eigenvalue weighted by atomic mass is 10.0. The molecule has 5 aromatic rings. The maximum absolute atomic E-state index is 11.2. The van der Waals surface area contributed by atoms with Gasteiger partial charge in [-0.3, -0.25) is 0 Å². The van der Waals surface area contributed by atoms with E-state index in [2.05, 4.69) is 95.8 Å². The van der Waals surface area contributed by atoms with Crippen molar-refractivity contribution in [3.8, 4) is 16.8 Å². The monoisotopic (exact) mass is 432 g/mol. The van der Waals surface area contributed by atoms with Gasteiger partial charge in [0.15, 0.2) is 0 Å². The van der Waals surface area contributed by atoms with E-state index in [1.54, 1.807) is 18.2 Å². The Morgan fingerprint density at radius 3 is 2.48 bits per heavy atom. The summed E-state index contributed by atoms with van der Waals surface area (Å²) in [6.45, 7) is 2.70. The first-order valence-electron chi connectivity index (χ1n) is 10.9. The topological polar surface area (TPSA) is 54.3 Å². The number of carboxylic acid groups (broad SMARTS) is 1. The van der Waals surface area contributed by atoms with Crippen LogP contribution in [0.1, 0.15) is 21.5 Å². The maximum atomic E-state index is 11.2. The predicted octanol–water partition coefficient (Wildman–Crippen LogP) is 6.92. The average molecular weight is 433 g/mol. The highest BCUT2D eigenvalue weighted by molar-refractivity contribution is 5.96. The normalized spacial score (nSPS) is 10.9. The molecule has 4 nitrogen and oxygen atoms in total. The van der Waals surface area contributed by atoms with Crippen LogP contribution in [0.15, 0.2) is 103 Å². The first kappa shape index (κ1) is 20.6. The molecule has 0 aliphatic rings. The van der Waals surface area contributed by atoms with E-state index in [1.807, 2.05) is 6.07 Å². The Bertz CT molecular complexity index is 1450. The van der Waals surface area contributed by atoms with Crippen LogP contribution >= 0.6 is 0 Å². The van der Waals surface area contributed by atoms with Crippen molar-refractivity contribution >= 4 is 22.6 Å². The van der Waals surface area contributed by atoms with Crippen LogP contribution in [0.5, 0.6) is 0 Å². The lowest BCUT2D eigenvalue weighted by molar-refractivity contribution is 0.0697. The molecular weight excluding hydrogens is 408 g/mol. The Labute approximate surface area is 192 Å². The maximum Gasteiger partial charge on any atom is 0.335 e. The van der Waals surface area contributed by atoms with E-state index in [4.69, 9.17) is 0 Å². The molecule has 1 aromatic heterocycles. The molecule has 162 valence electrons. The molecule has 0 radical (unpaired) electrons. The Balaban J connectivity index is 1.43. The number of hydrogen-bond donors (Lipinski definition) is 2. The number of nitrogens with one attached hydrogen (secondary N) is 1. The number of rotatable bonds is 6. The second-order valence-electron chi connectivity index (χ2n) is 8.20. The third kappa shape index (κ3) is 4.23. The lowest BCUT2D eigenvalue weighted by Crippen LogP contribution is -2.03. The van der Waals surface area contributed by atoms with E-state index in [0.29, 0.717) is 6.54 Å². The minimum absolute atomic E-state index is 0.275. The first-order chi connectivity index (χ1) is 16.1. The molecule has 0 aliphatic carbocycles. The number of benzene rings is 4.